The van der Waals surface area contributed by atoms with Crippen molar-refractivity contribution in [2.75, 3.05) is 0 Å². The van der Waals surface area contributed by atoms with Gasteiger partial charge in [-0.2, -0.15) is 0 Å². The second-order valence-corrected chi connectivity index (χ2v) is 5.25. The summed E-state index contributed by atoms with van der Waals surface area (Å²) in [5, 5.41) is 7.71. The number of aromatic nitrogens is 1. The largest absolute Gasteiger partial charge is 0.438 e. The SMILES string of the molecule is CCC(C)c1ccc(Oc2nccc(C(=N)N)c2Cl)cc1. The van der Waals surface area contributed by atoms with E-state index in [1.165, 1.54) is 11.8 Å². The molecule has 4 nitrogen and oxygen atoms in total. The first-order valence-corrected chi connectivity index (χ1v) is 7.17. The lowest BCUT2D eigenvalue weighted by Gasteiger charge is -2.11. The maximum Gasteiger partial charge on any atom is 0.238 e. The van der Waals surface area contributed by atoms with Crippen LogP contribution in [-0.4, -0.2) is 10.8 Å². The Bertz CT molecular complexity index is 640. The molecule has 5 heteroatoms. The number of nitrogen functional groups attached to an aromatic ring is 1. The first-order valence-electron chi connectivity index (χ1n) is 6.79. The van der Waals surface area contributed by atoms with Gasteiger partial charge in [-0.05, 0) is 36.1 Å². The van der Waals surface area contributed by atoms with Crippen LogP contribution >= 0.6 is 11.6 Å². The van der Waals surface area contributed by atoms with Gasteiger partial charge in [-0.3, -0.25) is 5.41 Å². The average Bonchev–Trinajstić information content (AvgIpc) is 2.49. The molecule has 0 aliphatic heterocycles. The van der Waals surface area contributed by atoms with E-state index in [0.717, 1.165) is 6.42 Å². The van der Waals surface area contributed by atoms with Gasteiger partial charge in [0.15, 0.2) is 0 Å². The fourth-order valence-corrected chi connectivity index (χ4v) is 2.17. The predicted molar refractivity (Wildman–Crippen MR) is 85.5 cm³/mol. The summed E-state index contributed by atoms with van der Waals surface area (Å²) in [5.74, 6) is 1.30. The van der Waals surface area contributed by atoms with Gasteiger partial charge in [0.1, 0.15) is 16.6 Å². The molecule has 0 fully saturated rings. The van der Waals surface area contributed by atoms with E-state index in [-0.39, 0.29) is 16.7 Å². The predicted octanol–water partition coefficient (Wildman–Crippen LogP) is 4.32. The minimum Gasteiger partial charge on any atom is -0.438 e. The van der Waals surface area contributed by atoms with Crippen LogP contribution in [0.1, 0.15) is 37.3 Å². The third-order valence-corrected chi connectivity index (χ3v) is 3.79. The molecule has 1 aromatic heterocycles. The quantitative estimate of drug-likeness (QED) is 0.638. The smallest absolute Gasteiger partial charge is 0.238 e. The topological polar surface area (TPSA) is 72.0 Å². The highest BCUT2D eigenvalue weighted by atomic mass is 35.5. The van der Waals surface area contributed by atoms with Crippen molar-refractivity contribution in [2.24, 2.45) is 5.73 Å². The molecule has 2 aromatic rings. The zero-order valence-electron chi connectivity index (χ0n) is 12.1. The molecule has 0 bridgehead atoms. The number of halogens is 1. The van der Waals surface area contributed by atoms with Crippen molar-refractivity contribution in [1.29, 1.82) is 5.41 Å². The molecule has 3 N–H and O–H groups in total. The van der Waals surface area contributed by atoms with Crippen LogP contribution in [0.5, 0.6) is 11.6 Å². The molecule has 1 heterocycles. The van der Waals surface area contributed by atoms with E-state index in [2.05, 4.69) is 18.8 Å². The highest BCUT2D eigenvalue weighted by Crippen LogP contribution is 2.30. The van der Waals surface area contributed by atoms with Gasteiger partial charge in [0.2, 0.25) is 5.88 Å². The fraction of sp³-hybridized carbons (Fsp3) is 0.250. The van der Waals surface area contributed by atoms with Gasteiger partial charge in [0, 0.05) is 11.8 Å². The van der Waals surface area contributed by atoms with Crippen LogP contribution in [0.3, 0.4) is 0 Å². The Balaban J connectivity index is 2.22. The average molecular weight is 304 g/mol. The molecule has 0 radical (unpaired) electrons. The molecule has 110 valence electrons. The molecule has 0 aliphatic carbocycles. The van der Waals surface area contributed by atoms with Gasteiger partial charge in [-0.1, -0.05) is 37.6 Å². The fourth-order valence-electron chi connectivity index (χ4n) is 1.92. The van der Waals surface area contributed by atoms with E-state index in [1.54, 1.807) is 6.07 Å². The van der Waals surface area contributed by atoms with E-state index in [9.17, 15) is 0 Å². The van der Waals surface area contributed by atoms with Crippen LogP contribution in [-0.2, 0) is 0 Å². The molecule has 0 saturated heterocycles. The molecule has 0 aliphatic rings. The van der Waals surface area contributed by atoms with Crippen LogP contribution in [0.4, 0.5) is 0 Å². The van der Waals surface area contributed by atoms with Gasteiger partial charge in [0.25, 0.3) is 0 Å². The first-order chi connectivity index (χ1) is 10.0. The zero-order valence-corrected chi connectivity index (χ0v) is 12.8. The van der Waals surface area contributed by atoms with Crippen molar-refractivity contribution >= 4 is 17.4 Å². The molecule has 1 aromatic carbocycles. The highest BCUT2D eigenvalue weighted by molar-refractivity contribution is 6.35. The molecular weight excluding hydrogens is 286 g/mol. The summed E-state index contributed by atoms with van der Waals surface area (Å²) in [4.78, 5) is 4.08. The number of hydrogen-bond acceptors (Lipinski definition) is 3. The summed E-state index contributed by atoms with van der Waals surface area (Å²) in [5.41, 5.74) is 7.14. The third kappa shape index (κ3) is 3.52. The molecular formula is C16H18ClN3O. The maximum atomic E-state index is 7.46. The van der Waals surface area contributed by atoms with Crippen molar-refractivity contribution in [3.63, 3.8) is 0 Å². The van der Waals surface area contributed by atoms with Gasteiger partial charge in [-0.25, -0.2) is 4.98 Å². The summed E-state index contributed by atoms with van der Waals surface area (Å²) < 4.78 is 5.67. The molecule has 0 amide bonds. The van der Waals surface area contributed by atoms with Crippen LogP contribution in [0.15, 0.2) is 36.5 Å². The number of benzene rings is 1. The van der Waals surface area contributed by atoms with Crippen molar-refractivity contribution < 1.29 is 4.74 Å². The second-order valence-electron chi connectivity index (χ2n) is 4.87. The lowest BCUT2D eigenvalue weighted by atomic mass is 9.99. The summed E-state index contributed by atoms with van der Waals surface area (Å²) in [7, 11) is 0. The number of rotatable bonds is 5. The Labute approximate surface area is 129 Å². The number of nitrogens with two attached hydrogens (primary N) is 1. The van der Waals surface area contributed by atoms with Crippen LogP contribution < -0.4 is 10.5 Å². The van der Waals surface area contributed by atoms with E-state index in [0.29, 0.717) is 17.2 Å². The van der Waals surface area contributed by atoms with Crippen LogP contribution in [0, 0.1) is 5.41 Å². The standard InChI is InChI=1S/C16H18ClN3O/c1-3-10(2)11-4-6-12(7-5-11)21-16-14(17)13(15(18)19)8-9-20-16/h4-10H,3H2,1-2H3,(H3,18,19). The number of hydrogen-bond donors (Lipinski definition) is 2. The van der Waals surface area contributed by atoms with Crippen molar-refractivity contribution in [3.05, 3.63) is 52.7 Å². The Morgan fingerprint density at radius 2 is 2.00 bits per heavy atom. The third-order valence-electron chi connectivity index (χ3n) is 3.42. The first kappa shape index (κ1) is 15.3. The van der Waals surface area contributed by atoms with E-state index >= 15 is 0 Å². The van der Waals surface area contributed by atoms with Crippen molar-refractivity contribution in [2.45, 2.75) is 26.2 Å². The number of nitrogens with zero attached hydrogens (tertiary/aromatic N) is 1. The second kappa shape index (κ2) is 6.59. The molecule has 0 spiro atoms. The summed E-state index contributed by atoms with van der Waals surface area (Å²) >= 11 is 6.15. The maximum absolute atomic E-state index is 7.46. The van der Waals surface area contributed by atoms with Crippen molar-refractivity contribution in [1.82, 2.24) is 4.98 Å². The summed E-state index contributed by atoms with van der Waals surface area (Å²) in [6, 6.07) is 9.43. The summed E-state index contributed by atoms with van der Waals surface area (Å²) in [6.45, 7) is 4.34. The van der Waals surface area contributed by atoms with Gasteiger partial charge in [-0.15, -0.1) is 0 Å². The Morgan fingerprint density at radius 3 is 2.57 bits per heavy atom. The molecule has 1 unspecified atom stereocenters. The Kier molecular flexibility index (Phi) is 4.81. The summed E-state index contributed by atoms with van der Waals surface area (Å²) in [6.07, 6.45) is 2.61. The Morgan fingerprint density at radius 1 is 1.33 bits per heavy atom. The highest BCUT2D eigenvalue weighted by Gasteiger charge is 2.12. The number of pyridine rings is 1. The van der Waals surface area contributed by atoms with Crippen molar-refractivity contribution in [3.8, 4) is 11.6 Å². The van der Waals surface area contributed by atoms with Crippen LogP contribution in [0.2, 0.25) is 5.02 Å². The minimum atomic E-state index is -0.112. The number of nitrogens with one attached hydrogen (secondary N) is 1. The van der Waals surface area contributed by atoms with E-state index in [4.69, 9.17) is 27.5 Å². The lowest BCUT2D eigenvalue weighted by Crippen LogP contribution is -2.12. The zero-order chi connectivity index (χ0) is 15.4. The number of ether oxygens (including phenoxy) is 1. The van der Waals surface area contributed by atoms with Gasteiger partial charge < -0.3 is 10.5 Å². The van der Waals surface area contributed by atoms with Gasteiger partial charge in [0.05, 0.1) is 0 Å². The monoisotopic (exact) mass is 303 g/mol. The lowest BCUT2D eigenvalue weighted by molar-refractivity contribution is 0.462. The molecule has 21 heavy (non-hydrogen) atoms. The molecule has 1 atom stereocenters. The molecule has 0 saturated carbocycles. The normalized spacial score (nSPS) is 12.0. The molecule has 2 rings (SSSR count). The Hall–Kier alpha value is -2.07. The van der Waals surface area contributed by atoms with E-state index < -0.39 is 0 Å². The minimum absolute atomic E-state index is 0.112. The number of amidine groups is 1. The van der Waals surface area contributed by atoms with Crippen LogP contribution in [0.25, 0.3) is 0 Å². The van der Waals surface area contributed by atoms with Gasteiger partial charge >= 0.3 is 0 Å². The van der Waals surface area contributed by atoms with E-state index in [1.807, 2.05) is 24.3 Å².